The Kier molecular flexibility index (Phi) is 5.48. The van der Waals surface area contributed by atoms with Crippen molar-refractivity contribution in [3.8, 4) is 0 Å². The highest BCUT2D eigenvalue weighted by Gasteiger charge is 2.18. The van der Waals surface area contributed by atoms with Gasteiger partial charge in [-0.1, -0.05) is 18.2 Å². The lowest BCUT2D eigenvalue weighted by Gasteiger charge is -2.12. The van der Waals surface area contributed by atoms with Crippen molar-refractivity contribution in [1.82, 2.24) is 5.32 Å². The van der Waals surface area contributed by atoms with Crippen LogP contribution in [-0.2, 0) is 4.79 Å². The first-order chi connectivity index (χ1) is 9.29. The summed E-state index contributed by atoms with van der Waals surface area (Å²) in [7, 11) is 0. The third kappa shape index (κ3) is 4.40. The normalized spacial score (nSPS) is 18.2. The minimum absolute atomic E-state index is 0.111. The van der Waals surface area contributed by atoms with Crippen LogP contribution in [0.4, 0.5) is 5.69 Å². The van der Waals surface area contributed by atoms with Gasteiger partial charge >= 0.3 is 0 Å². The van der Waals surface area contributed by atoms with E-state index in [0.29, 0.717) is 12.3 Å². The number of nitrogens with one attached hydrogen (secondary N) is 2. The van der Waals surface area contributed by atoms with Gasteiger partial charge in [0.15, 0.2) is 0 Å². The highest BCUT2D eigenvalue weighted by molar-refractivity contribution is 7.99. The predicted molar refractivity (Wildman–Crippen MR) is 81.6 cm³/mol. The van der Waals surface area contributed by atoms with E-state index < -0.39 is 0 Å². The summed E-state index contributed by atoms with van der Waals surface area (Å²) >= 11 is 1.69. The Morgan fingerprint density at radius 3 is 3.11 bits per heavy atom. The van der Waals surface area contributed by atoms with Crippen molar-refractivity contribution < 1.29 is 4.79 Å². The van der Waals surface area contributed by atoms with Gasteiger partial charge < -0.3 is 10.6 Å². The molecule has 1 atom stereocenters. The second-order valence-electron chi connectivity index (χ2n) is 4.71. The molecule has 1 unspecified atom stereocenters. The number of para-hydroxylation sites is 1. The first kappa shape index (κ1) is 14.2. The number of benzene rings is 1. The second-order valence-corrected chi connectivity index (χ2v) is 5.77. The molecule has 0 bridgehead atoms. The van der Waals surface area contributed by atoms with Crippen molar-refractivity contribution in [3.63, 3.8) is 0 Å². The smallest absolute Gasteiger partial charge is 0.224 e. The summed E-state index contributed by atoms with van der Waals surface area (Å²) < 4.78 is 0. The predicted octanol–water partition coefficient (Wildman–Crippen LogP) is 2.90. The van der Waals surface area contributed by atoms with Crippen molar-refractivity contribution in [2.45, 2.75) is 17.7 Å². The number of rotatable bonds is 6. The molecule has 1 amide bonds. The standard InChI is InChI=1S/C15H20N2OS/c1-2-9-19-14-6-4-3-5-13(14)17-15(18)10-12-7-8-16-11-12/h2-6,12,16H,1,7-11H2,(H,17,18). The molecule has 0 aliphatic carbocycles. The minimum Gasteiger partial charge on any atom is -0.325 e. The van der Waals surface area contributed by atoms with Crippen LogP contribution < -0.4 is 10.6 Å². The van der Waals surface area contributed by atoms with Gasteiger partial charge in [-0.05, 0) is 37.6 Å². The van der Waals surface area contributed by atoms with Crippen molar-refractivity contribution in [3.05, 3.63) is 36.9 Å². The van der Waals surface area contributed by atoms with Crippen LogP contribution in [0.1, 0.15) is 12.8 Å². The summed E-state index contributed by atoms with van der Waals surface area (Å²) in [5.74, 6) is 1.44. The average molecular weight is 276 g/mol. The van der Waals surface area contributed by atoms with Crippen LogP contribution in [0.15, 0.2) is 41.8 Å². The number of thioether (sulfide) groups is 1. The van der Waals surface area contributed by atoms with Crippen molar-refractivity contribution >= 4 is 23.4 Å². The lowest BCUT2D eigenvalue weighted by atomic mass is 10.0. The molecule has 4 heteroatoms. The zero-order valence-electron chi connectivity index (χ0n) is 11.0. The van der Waals surface area contributed by atoms with Gasteiger partial charge in [0.2, 0.25) is 5.91 Å². The van der Waals surface area contributed by atoms with Crippen LogP contribution in [0.5, 0.6) is 0 Å². The SMILES string of the molecule is C=CCSc1ccccc1NC(=O)CC1CCNC1. The van der Waals surface area contributed by atoms with Gasteiger partial charge in [-0.15, -0.1) is 18.3 Å². The number of amides is 1. The first-order valence-electron chi connectivity index (χ1n) is 6.63. The quantitative estimate of drug-likeness (QED) is 0.620. The number of carbonyl (C=O) groups is 1. The van der Waals surface area contributed by atoms with E-state index in [2.05, 4.69) is 17.2 Å². The van der Waals surface area contributed by atoms with E-state index in [4.69, 9.17) is 0 Å². The summed E-state index contributed by atoms with van der Waals surface area (Å²) in [6.45, 7) is 5.71. The highest BCUT2D eigenvalue weighted by atomic mass is 32.2. The summed E-state index contributed by atoms with van der Waals surface area (Å²) in [5, 5.41) is 6.31. The number of hydrogen-bond donors (Lipinski definition) is 2. The maximum absolute atomic E-state index is 12.0. The number of anilines is 1. The van der Waals surface area contributed by atoms with E-state index in [1.807, 2.05) is 30.3 Å². The van der Waals surface area contributed by atoms with Crippen LogP contribution in [0.2, 0.25) is 0 Å². The zero-order valence-corrected chi connectivity index (χ0v) is 11.8. The van der Waals surface area contributed by atoms with Gasteiger partial charge in [0, 0.05) is 17.1 Å². The van der Waals surface area contributed by atoms with Gasteiger partial charge in [0.05, 0.1) is 5.69 Å². The minimum atomic E-state index is 0.111. The fourth-order valence-corrected chi connectivity index (χ4v) is 2.94. The maximum atomic E-state index is 12.0. The van der Waals surface area contributed by atoms with Gasteiger partial charge in [0.1, 0.15) is 0 Å². The molecule has 0 aromatic heterocycles. The second kappa shape index (κ2) is 7.36. The van der Waals surface area contributed by atoms with Gasteiger partial charge in [0.25, 0.3) is 0 Å². The van der Waals surface area contributed by atoms with E-state index in [9.17, 15) is 4.79 Å². The summed E-state index contributed by atoms with van der Waals surface area (Å²) in [6, 6.07) is 7.92. The average Bonchev–Trinajstić information content (AvgIpc) is 2.90. The van der Waals surface area contributed by atoms with E-state index in [1.54, 1.807) is 11.8 Å². The fraction of sp³-hybridized carbons (Fsp3) is 0.400. The number of carbonyl (C=O) groups excluding carboxylic acids is 1. The summed E-state index contributed by atoms with van der Waals surface area (Å²) in [5.41, 5.74) is 0.908. The molecule has 1 fully saturated rings. The highest BCUT2D eigenvalue weighted by Crippen LogP contribution is 2.27. The molecule has 1 heterocycles. The van der Waals surface area contributed by atoms with E-state index >= 15 is 0 Å². The Bertz CT molecular complexity index is 442. The first-order valence-corrected chi connectivity index (χ1v) is 7.61. The molecule has 1 saturated heterocycles. The fourth-order valence-electron chi connectivity index (χ4n) is 2.20. The van der Waals surface area contributed by atoms with Crippen LogP contribution >= 0.6 is 11.8 Å². The van der Waals surface area contributed by atoms with E-state index in [0.717, 1.165) is 35.8 Å². The van der Waals surface area contributed by atoms with Crippen molar-refractivity contribution in [2.75, 3.05) is 24.2 Å². The molecule has 1 aromatic rings. The molecule has 102 valence electrons. The molecule has 2 N–H and O–H groups in total. The molecule has 0 spiro atoms. The molecular weight excluding hydrogens is 256 g/mol. The number of hydrogen-bond acceptors (Lipinski definition) is 3. The van der Waals surface area contributed by atoms with E-state index in [1.165, 1.54) is 0 Å². The van der Waals surface area contributed by atoms with Crippen LogP contribution in [0.3, 0.4) is 0 Å². The molecule has 1 aliphatic heterocycles. The Morgan fingerprint density at radius 1 is 1.53 bits per heavy atom. The van der Waals surface area contributed by atoms with Crippen LogP contribution in [-0.4, -0.2) is 24.7 Å². The Hall–Kier alpha value is -1.26. The third-order valence-electron chi connectivity index (χ3n) is 3.15. The van der Waals surface area contributed by atoms with Gasteiger partial charge in [-0.2, -0.15) is 0 Å². The molecule has 2 rings (SSSR count). The Labute approximate surface area is 118 Å². The zero-order chi connectivity index (χ0) is 13.5. The molecular formula is C15H20N2OS. The Morgan fingerprint density at radius 2 is 2.37 bits per heavy atom. The molecule has 0 radical (unpaired) electrons. The molecule has 19 heavy (non-hydrogen) atoms. The summed E-state index contributed by atoms with van der Waals surface area (Å²) in [6.07, 6.45) is 3.57. The molecule has 3 nitrogen and oxygen atoms in total. The van der Waals surface area contributed by atoms with Crippen LogP contribution in [0, 0.1) is 5.92 Å². The largest absolute Gasteiger partial charge is 0.325 e. The Balaban J connectivity index is 1.93. The molecule has 0 saturated carbocycles. The topological polar surface area (TPSA) is 41.1 Å². The van der Waals surface area contributed by atoms with Gasteiger partial charge in [-0.3, -0.25) is 4.79 Å². The van der Waals surface area contributed by atoms with Crippen molar-refractivity contribution in [2.24, 2.45) is 5.92 Å². The van der Waals surface area contributed by atoms with E-state index in [-0.39, 0.29) is 5.91 Å². The summed E-state index contributed by atoms with van der Waals surface area (Å²) in [4.78, 5) is 13.1. The lowest BCUT2D eigenvalue weighted by Crippen LogP contribution is -2.18. The molecule has 1 aromatic carbocycles. The van der Waals surface area contributed by atoms with Crippen molar-refractivity contribution in [1.29, 1.82) is 0 Å². The van der Waals surface area contributed by atoms with Gasteiger partial charge in [-0.25, -0.2) is 0 Å². The van der Waals surface area contributed by atoms with Crippen LogP contribution in [0.25, 0.3) is 0 Å². The molecule has 1 aliphatic rings. The lowest BCUT2D eigenvalue weighted by molar-refractivity contribution is -0.117. The third-order valence-corrected chi connectivity index (χ3v) is 4.22. The maximum Gasteiger partial charge on any atom is 0.224 e. The monoisotopic (exact) mass is 276 g/mol.